The highest BCUT2D eigenvalue weighted by atomic mass is 35.5. The standard InChI is InChI=1S/C19H20ClN3O4S/c1-13(2)27-18-9-6-15(12-17(18)20)23-19(24)14-4-7-16(8-5-14)28(25,26)22-11-3-10-21/h4-9,12-13,22H,3,11H2,1-2H3,(H,23,24). The van der Waals surface area contributed by atoms with Gasteiger partial charge in [0, 0.05) is 24.2 Å². The predicted molar refractivity (Wildman–Crippen MR) is 107 cm³/mol. The lowest BCUT2D eigenvalue weighted by Gasteiger charge is -2.13. The maximum absolute atomic E-state index is 12.4. The van der Waals surface area contributed by atoms with Crippen LogP contribution < -0.4 is 14.8 Å². The number of anilines is 1. The summed E-state index contributed by atoms with van der Waals surface area (Å²) in [4.78, 5) is 12.4. The van der Waals surface area contributed by atoms with Crippen LogP contribution in [0.2, 0.25) is 5.02 Å². The first-order chi connectivity index (χ1) is 13.2. The minimum absolute atomic E-state index is 0.0141. The van der Waals surface area contributed by atoms with E-state index in [2.05, 4.69) is 10.0 Å². The fourth-order valence-corrected chi connectivity index (χ4v) is 3.50. The molecule has 0 aliphatic rings. The van der Waals surface area contributed by atoms with Crippen LogP contribution in [0, 0.1) is 11.3 Å². The molecule has 0 unspecified atom stereocenters. The van der Waals surface area contributed by atoms with Gasteiger partial charge in [-0.1, -0.05) is 11.6 Å². The van der Waals surface area contributed by atoms with Gasteiger partial charge in [-0.2, -0.15) is 5.26 Å². The van der Waals surface area contributed by atoms with E-state index in [9.17, 15) is 13.2 Å². The second-order valence-electron chi connectivity index (χ2n) is 6.10. The van der Waals surface area contributed by atoms with Gasteiger partial charge in [0.25, 0.3) is 5.91 Å². The van der Waals surface area contributed by atoms with Crippen molar-refractivity contribution in [1.29, 1.82) is 5.26 Å². The lowest BCUT2D eigenvalue weighted by molar-refractivity contribution is 0.102. The van der Waals surface area contributed by atoms with Gasteiger partial charge in [-0.05, 0) is 56.3 Å². The molecule has 148 valence electrons. The molecule has 0 aliphatic heterocycles. The fourth-order valence-electron chi connectivity index (χ4n) is 2.24. The molecular formula is C19H20ClN3O4S. The molecule has 0 spiro atoms. The molecule has 7 nitrogen and oxygen atoms in total. The molecule has 2 aromatic carbocycles. The summed E-state index contributed by atoms with van der Waals surface area (Å²) in [6.07, 6.45) is 0.0469. The Morgan fingerprint density at radius 3 is 2.46 bits per heavy atom. The number of halogens is 1. The average Bonchev–Trinajstić information content (AvgIpc) is 2.64. The van der Waals surface area contributed by atoms with Gasteiger partial charge in [-0.3, -0.25) is 4.79 Å². The minimum atomic E-state index is -3.72. The number of ether oxygens (including phenoxy) is 1. The Morgan fingerprint density at radius 1 is 1.21 bits per heavy atom. The van der Waals surface area contributed by atoms with Crippen molar-refractivity contribution >= 4 is 33.2 Å². The summed E-state index contributed by atoms with van der Waals surface area (Å²) in [5.41, 5.74) is 0.774. The Balaban J connectivity index is 2.07. The van der Waals surface area contributed by atoms with Crippen molar-refractivity contribution in [2.24, 2.45) is 0 Å². The largest absolute Gasteiger partial charge is 0.489 e. The molecule has 0 bridgehead atoms. The monoisotopic (exact) mass is 421 g/mol. The predicted octanol–water partition coefficient (Wildman–Crippen LogP) is 3.57. The lowest BCUT2D eigenvalue weighted by Crippen LogP contribution is -2.24. The quantitative estimate of drug-likeness (QED) is 0.633. The molecular weight excluding hydrogens is 402 g/mol. The smallest absolute Gasteiger partial charge is 0.255 e. The normalized spacial score (nSPS) is 11.1. The van der Waals surface area contributed by atoms with Gasteiger partial charge in [0.1, 0.15) is 5.75 Å². The number of rotatable bonds is 8. The van der Waals surface area contributed by atoms with Gasteiger partial charge in [-0.25, -0.2) is 13.1 Å². The molecule has 0 aliphatic carbocycles. The average molecular weight is 422 g/mol. The summed E-state index contributed by atoms with van der Waals surface area (Å²) in [5.74, 6) is 0.114. The molecule has 0 atom stereocenters. The summed E-state index contributed by atoms with van der Waals surface area (Å²) in [7, 11) is -3.72. The van der Waals surface area contributed by atoms with Crippen LogP contribution in [0.1, 0.15) is 30.6 Å². The Labute approximate surface area is 169 Å². The molecule has 28 heavy (non-hydrogen) atoms. The van der Waals surface area contributed by atoms with Crippen LogP contribution in [0.25, 0.3) is 0 Å². The zero-order valence-corrected chi connectivity index (χ0v) is 17.0. The van der Waals surface area contributed by atoms with E-state index in [1.807, 2.05) is 19.9 Å². The summed E-state index contributed by atoms with van der Waals surface area (Å²) >= 11 is 6.16. The van der Waals surface area contributed by atoms with E-state index in [1.54, 1.807) is 18.2 Å². The highest BCUT2D eigenvalue weighted by Crippen LogP contribution is 2.28. The van der Waals surface area contributed by atoms with Gasteiger partial charge in [0.2, 0.25) is 10.0 Å². The number of amides is 1. The fraction of sp³-hybridized carbons (Fsp3) is 0.263. The molecule has 0 heterocycles. The first-order valence-electron chi connectivity index (χ1n) is 8.47. The molecule has 0 fully saturated rings. The van der Waals surface area contributed by atoms with Crippen molar-refractivity contribution in [3.63, 3.8) is 0 Å². The number of carbonyl (C=O) groups is 1. The van der Waals surface area contributed by atoms with Crippen LogP contribution in [0.4, 0.5) is 5.69 Å². The molecule has 2 N–H and O–H groups in total. The van der Waals surface area contributed by atoms with Crippen molar-refractivity contribution in [1.82, 2.24) is 4.72 Å². The van der Waals surface area contributed by atoms with E-state index < -0.39 is 15.9 Å². The van der Waals surface area contributed by atoms with Gasteiger partial charge in [-0.15, -0.1) is 0 Å². The van der Waals surface area contributed by atoms with Crippen molar-refractivity contribution in [2.45, 2.75) is 31.3 Å². The zero-order valence-electron chi connectivity index (χ0n) is 15.4. The molecule has 0 aromatic heterocycles. The summed E-state index contributed by atoms with van der Waals surface area (Å²) in [5, 5.41) is 11.5. The number of nitrogens with zero attached hydrogens (tertiary/aromatic N) is 1. The zero-order chi connectivity index (χ0) is 20.7. The Morgan fingerprint density at radius 2 is 1.89 bits per heavy atom. The molecule has 0 saturated heterocycles. The summed E-state index contributed by atoms with van der Waals surface area (Å²) < 4.78 is 32.0. The van der Waals surface area contributed by atoms with Crippen LogP contribution in [-0.4, -0.2) is 27.0 Å². The van der Waals surface area contributed by atoms with Crippen molar-refractivity contribution < 1.29 is 17.9 Å². The van der Waals surface area contributed by atoms with Crippen LogP contribution >= 0.6 is 11.6 Å². The first-order valence-corrected chi connectivity index (χ1v) is 10.3. The highest BCUT2D eigenvalue weighted by Gasteiger charge is 2.15. The Kier molecular flexibility index (Phi) is 7.40. The van der Waals surface area contributed by atoms with Crippen LogP contribution in [0.5, 0.6) is 5.75 Å². The van der Waals surface area contributed by atoms with Crippen LogP contribution in [0.15, 0.2) is 47.4 Å². The molecule has 0 radical (unpaired) electrons. The highest BCUT2D eigenvalue weighted by molar-refractivity contribution is 7.89. The molecule has 1 amide bonds. The Bertz CT molecular complexity index is 983. The van der Waals surface area contributed by atoms with Gasteiger partial charge >= 0.3 is 0 Å². The third-order valence-corrected chi connectivity index (χ3v) is 5.28. The summed E-state index contributed by atoms with van der Waals surface area (Å²) in [6.45, 7) is 3.79. The van der Waals surface area contributed by atoms with Crippen molar-refractivity contribution in [3.05, 3.63) is 53.1 Å². The van der Waals surface area contributed by atoms with Crippen molar-refractivity contribution in [3.8, 4) is 11.8 Å². The van der Waals surface area contributed by atoms with Gasteiger partial charge in [0.05, 0.1) is 22.1 Å². The molecule has 2 rings (SSSR count). The van der Waals surface area contributed by atoms with E-state index in [1.165, 1.54) is 24.3 Å². The maximum atomic E-state index is 12.4. The number of sulfonamides is 1. The van der Waals surface area contributed by atoms with E-state index in [-0.39, 0.29) is 29.5 Å². The lowest BCUT2D eigenvalue weighted by atomic mass is 10.2. The number of carbonyl (C=O) groups excluding carboxylic acids is 1. The second-order valence-corrected chi connectivity index (χ2v) is 8.27. The van der Waals surface area contributed by atoms with E-state index >= 15 is 0 Å². The Hall–Kier alpha value is -2.60. The maximum Gasteiger partial charge on any atom is 0.255 e. The minimum Gasteiger partial charge on any atom is -0.489 e. The molecule has 0 saturated carbocycles. The van der Waals surface area contributed by atoms with E-state index in [0.29, 0.717) is 16.5 Å². The number of nitriles is 1. The van der Waals surface area contributed by atoms with Crippen LogP contribution in [-0.2, 0) is 10.0 Å². The second kappa shape index (κ2) is 9.55. The first kappa shape index (κ1) is 21.7. The van der Waals surface area contributed by atoms with Gasteiger partial charge < -0.3 is 10.1 Å². The third kappa shape index (κ3) is 5.96. The number of hydrogen-bond acceptors (Lipinski definition) is 5. The molecule has 9 heteroatoms. The third-order valence-electron chi connectivity index (χ3n) is 3.51. The SMILES string of the molecule is CC(C)Oc1ccc(NC(=O)c2ccc(S(=O)(=O)NCCC#N)cc2)cc1Cl. The summed E-state index contributed by atoms with van der Waals surface area (Å²) in [6, 6.07) is 12.2. The van der Waals surface area contributed by atoms with Crippen molar-refractivity contribution in [2.75, 3.05) is 11.9 Å². The number of benzene rings is 2. The molecule has 2 aromatic rings. The number of nitrogens with one attached hydrogen (secondary N) is 2. The van der Waals surface area contributed by atoms with E-state index in [4.69, 9.17) is 21.6 Å². The number of hydrogen-bond donors (Lipinski definition) is 2. The topological polar surface area (TPSA) is 108 Å². The van der Waals surface area contributed by atoms with Gasteiger partial charge in [0.15, 0.2) is 0 Å². The van der Waals surface area contributed by atoms with Crippen LogP contribution in [0.3, 0.4) is 0 Å². The van der Waals surface area contributed by atoms with E-state index in [0.717, 1.165) is 0 Å².